The van der Waals surface area contributed by atoms with Crippen molar-refractivity contribution >= 4 is 6.03 Å². The van der Waals surface area contributed by atoms with Gasteiger partial charge in [-0.05, 0) is 43.4 Å². The molecular weight excluding hydrogens is 399 g/mol. The van der Waals surface area contributed by atoms with Crippen LogP contribution in [0.3, 0.4) is 0 Å². The number of piperazine rings is 1. The van der Waals surface area contributed by atoms with Gasteiger partial charge in [0.15, 0.2) is 11.6 Å². The van der Waals surface area contributed by atoms with Crippen LogP contribution in [0.15, 0.2) is 18.2 Å². The number of amides is 2. The summed E-state index contributed by atoms with van der Waals surface area (Å²) in [7, 11) is 1.47. The van der Waals surface area contributed by atoms with E-state index in [1.165, 1.54) is 13.5 Å². The number of rotatable bonds is 6. The van der Waals surface area contributed by atoms with E-state index in [1.54, 1.807) is 12.1 Å². The summed E-state index contributed by atoms with van der Waals surface area (Å²) in [6, 6.07) is 5.41. The number of carbonyl (C=O) groups is 1. The first-order chi connectivity index (χ1) is 15.1. The minimum absolute atomic E-state index is 0.0624. The Bertz CT molecular complexity index is 728. The van der Waals surface area contributed by atoms with Crippen molar-refractivity contribution in [3.63, 3.8) is 0 Å². The fourth-order valence-corrected chi connectivity index (χ4v) is 4.78. The molecule has 1 N–H and O–H groups in total. The molecule has 0 aliphatic carbocycles. The standard InChI is InChI=1S/C23H35FN4O3/c1-30-22-5-4-18(15-21(22)24)16-26-8-6-19(7-9-26)25-23(29)28-12-10-27(11-13-28)17-20-3-2-14-31-20/h4-5,15,19-20H,2-3,6-14,16-17H2,1H3,(H,25,29). The zero-order valence-corrected chi connectivity index (χ0v) is 18.5. The fraction of sp³-hybridized carbons (Fsp3) is 0.696. The molecule has 3 aliphatic heterocycles. The second-order valence-electron chi connectivity index (χ2n) is 8.89. The predicted molar refractivity (Wildman–Crippen MR) is 117 cm³/mol. The summed E-state index contributed by atoms with van der Waals surface area (Å²) in [6.07, 6.45) is 4.54. The van der Waals surface area contributed by atoms with Crippen molar-refractivity contribution in [2.75, 3.05) is 59.5 Å². The molecule has 0 aromatic heterocycles. The lowest BCUT2D eigenvalue weighted by molar-refractivity contribution is 0.0555. The first kappa shape index (κ1) is 22.3. The van der Waals surface area contributed by atoms with Gasteiger partial charge < -0.3 is 19.7 Å². The Kier molecular flexibility index (Phi) is 7.63. The predicted octanol–water partition coefficient (Wildman–Crippen LogP) is 2.30. The number of benzene rings is 1. The highest BCUT2D eigenvalue weighted by molar-refractivity contribution is 5.74. The van der Waals surface area contributed by atoms with Crippen molar-refractivity contribution in [3.8, 4) is 5.75 Å². The van der Waals surface area contributed by atoms with E-state index in [-0.39, 0.29) is 23.6 Å². The average Bonchev–Trinajstić information content (AvgIpc) is 3.29. The lowest BCUT2D eigenvalue weighted by Gasteiger charge is -2.37. The van der Waals surface area contributed by atoms with Gasteiger partial charge in [-0.15, -0.1) is 0 Å². The highest BCUT2D eigenvalue weighted by Crippen LogP contribution is 2.20. The molecule has 3 heterocycles. The summed E-state index contributed by atoms with van der Waals surface area (Å²) in [5, 5.41) is 3.23. The summed E-state index contributed by atoms with van der Waals surface area (Å²) in [6.45, 7) is 7.79. The molecule has 172 valence electrons. The molecule has 0 bridgehead atoms. The van der Waals surface area contributed by atoms with Crippen LogP contribution >= 0.6 is 0 Å². The molecule has 3 fully saturated rings. The van der Waals surface area contributed by atoms with Gasteiger partial charge in [-0.1, -0.05) is 6.07 Å². The second kappa shape index (κ2) is 10.6. The van der Waals surface area contributed by atoms with Gasteiger partial charge >= 0.3 is 6.03 Å². The Morgan fingerprint density at radius 3 is 2.55 bits per heavy atom. The number of hydrogen-bond donors (Lipinski definition) is 1. The number of hydrogen-bond acceptors (Lipinski definition) is 5. The Labute approximate surface area is 184 Å². The van der Waals surface area contributed by atoms with Crippen LogP contribution in [-0.4, -0.2) is 92.4 Å². The van der Waals surface area contributed by atoms with Crippen molar-refractivity contribution in [2.24, 2.45) is 0 Å². The van der Waals surface area contributed by atoms with E-state index in [0.717, 1.165) is 77.2 Å². The number of likely N-dealkylation sites (tertiary alicyclic amines) is 1. The number of urea groups is 1. The van der Waals surface area contributed by atoms with Crippen molar-refractivity contribution in [1.82, 2.24) is 20.0 Å². The van der Waals surface area contributed by atoms with Crippen LogP contribution in [0.25, 0.3) is 0 Å². The number of nitrogens with zero attached hydrogens (tertiary/aromatic N) is 3. The van der Waals surface area contributed by atoms with Crippen LogP contribution in [0, 0.1) is 5.82 Å². The highest BCUT2D eigenvalue weighted by Gasteiger charge is 2.27. The maximum Gasteiger partial charge on any atom is 0.317 e. The summed E-state index contributed by atoms with van der Waals surface area (Å²) < 4.78 is 24.6. The lowest BCUT2D eigenvalue weighted by Crippen LogP contribution is -2.55. The van der Waals surface area contributed by atoms with E-state index < -0.39 is 0 Å². The second-order valence-corrected chi connectivity index (χ2v) is 8.89. The molecule has 31 heavy (non-hydrogen) atoms. The van der Waals surface area contributed by atoms with Gasteiger partial charge in [-0.25, -0.2) is 9.18 Å². The normalized spacial score (nSPS) is 23.8. The number of nitrogens with one attached hydrogen (secondary N) is 1. The van der Waals surface area contributed by atoms with Gasteiger partial charge in [0.25, 0.3) is 0 Å². The number of piperidine rings is 1. The Balaban J connectivity index is 1.15. The van der Waals surface area contributed by atoms with E-state index in [4.69, 9.17) is 9.47 Å². The minimum Gasteiger partial charge on any atom is -0.494 e. The van der Waals surface area contributed by atoms with Crippen LogP contribution in [0.2, 0.25) is 0 Å². The van der Waals surface area contributed by atoms with Gasteiger partial charge in [0.2, 0.25) is 0 Å². The maximum absolute atomic E-state index is 13.9. The third-order valence-corrected chi connectivity index (χ3v) is 6.68. The van der Waals surface area contributed by atoms with Gasteiger partial charge in [0.05, 0.1) is 13.2 Å². The molecule has 7 nitrogen and oxygen atoms in total. The maximum atomic E-state index is 13.9. The number of methoxy groups -OCH3 is 1. The summed E-state index contributed by atoms with van der Waals surface area (Å²) in [5.41, 5.74) is 0.946. The minimum atomic E-state index is -0.321. The molecule has 1 aromatic rings. The van der Waals surface area contributed by atoms with Crippen molar-refractivity contribution in [3.05, 3.63) is 29.6 Å². The Morgan fingerprint density at radius 1 is 1.13 bits per heavy atom. The lowest BCUT2D eigenvalue weighted by atomic mass is 10.0. The first-order valence-corrected chi connectivity index (χ1v) is 11.5. The zero-order chi connectivity index (χ0) is 21.6. The summed E-state index contributed by atoms with van der Waals surface area (Å²) in [4.78, 5) is 19.4. The topological polar surface area (TPSA) is 57.3 Å². The quantitative estimate of drug-likeness (QED) is 0.745. The number of halogens is 1. The molecule has 3 saturated heterocycles. The molecule has 0 spiro atoms. The summed E-state index contributed by atoms with van der Waals surface area (Å²) >= 11 is 0. The number of ether oxygens (including phenoxy) is 2. The largest absolute Gasteiger partial charge is 0.494 e. The third-order valence-electron chi connectivity index (χ3n) is 6.68. The van der Waals surface area contributed by atoms with E-state index >= 15 is 0 Å². The third kappa shape index (κ3) is 6.08. The SMILES string of the molecule is COc1ccc(CN2CCC(NC(=O)N3CCN(CC4CCCO4)CC3)CC2)cc1F. The monoisotopic (exact) mass is 434 g/mol. The smallest absolute Gasteiger partial charge is 0.317 e. The van der Waals surface area contributed by atoms with E-state index in [9.17, 15) is 9.18 Å². The zero-order valence-electron chi connectivity index (χ0n) is 18.5. The molecule has 8 heteroatoms. The van der Waals surface area contributed by atoms with Gasteiger partial charge in [-0.3, -0.25) is 9.80 Å². The van der Waals surface area contributed by atoms with E-state index in [0.29, 0.717) is 12.6 Å². The molecular formula is C23H35FN4O3. The highest BCUT2D eigenvalue weighted by atomic mass is 19.1. The van der Waals surface area contributed by atoms with Gasteiger partial charge in [-0.2, -0.15) is 0 Å². The van der Waals surface area contributed by atoms with Crippen LogP contribution in [-0.2, 0) is 11.3 Å². The van der Waals surface area contributed by atoms with Crippen LogP contribution < -0.4 is 10.1 Å². The molecule has 1 aromatic carbocycles. The molecule has 1 unspecified atom stereocenters. The first-order valence-electron chi connectivity index (χ1n) is 11.5. The van der Waals surface area contributed by atoms with E-state index in [1.807, 2.05) is 11.0 Å². The van der Waals surface area contributed by atoms with Gasteiger partial charge in [0, 0.05) is 65.0 Å². The van der Waals surface area contributed by atoms with E-state index in [2.05, 4.69) is 15.1 Å². The van der Waals surface area contributed by atoms with Crippen LogP contribution in [0.1, 0.15) is 31.2 Å². The van der Waals surface area contributed by atoms with Crippen LogP contribution in [0.4, 0.5) is 9.18 Å². The fourth-order valence-electron chi connectivity index (χ4n) is 4.78. The molecule has 4 rings (SSSR count). The molecule has 1 atom stereocenters. The van der Waals surface area contributed by atoms with Gasteiger partial charge in [0.1, 0.15) is 0 Å². The van der Waals surface area contributed by atoms with Crippen LogP contribution in [0.5, 0.6) is 5.75 Å². The molecule has 0 radical (unpaired) electrons. The Morgan fingerprint density at radius 2 is 1.90 bits per heavy atom. The average molecular weight is 435 g/mol. The van der Waals surface area contributed by atoms with Crippen molar-refractivity contribution in [2.45, 2.75) is 44.4 Å². The molecule has 3 aliphatic rings. The van der Waals surface area contributed by atoms with Crippen molar-refractivity contribution in [1.29, 1.82) is 0 Å². The van der Waals surface area contributed by atoms with Crippen molar-refractivity contribution < 1.29 is 18.7 Å². The summed E-state index contributed by atoms with van der Waals surface area (Å²) in [5.74, 6) is -0.0455. The Hall–Kier alpha value is -1.90. The molecule has 2 amide bonds. The number of carbonyl (C=O) groups excluding carboxylic acids is 1. The molecule has 0 saturated carbocycles.